The van der Waals surface area contributed by atoms with E-state index in [1.165, 1.54) is 10.9 Å². The Balaban J connectivity index is 1.86. The summed E-state index contributed by atoms with van der Waals surface area (Å²) in [5.41, 5.74) is 1.95. The van der Waals surface area contributed by atoms with Crippen LogP contribution in [-0.2, 0) is 16.8 Å². The van der Waals surface area contributed by atoms with E-state index in [9.17, 15) is 9.59 Å². The first-order valence-electron chi connectivity index (χ1n) is 8.72. The van der Waals surface area contributed by atoms with Gasteiger partial charge in [0.05, 0.1) is 30.0 Å². The van der Waals surface area contributed by atoms with Gasteiger partial charge >= 0.3 is 0 Å². The Labute approximate surface area is 157 Å². The van der Waals surface area contributed by atoms with E-state index in [2.05, 4.69) is 31.1 Å². The molecule has 1 aromatic heterocycles. The van der Waals surface area contributed by atoms with Crippen molar-refractivity contribution >= 4 is 22.5 Å². The predicted molar refractivity (Wildman–Crippen MR) is 106 cm³/mol. The minimum Gasteiger partial charge on any atom is -0.495 e. The van der Waals surface area contributed by atoms with E-state index in [1.807, 2.05) is 24.3 Å². The number of nitrogens with zero attached hydrogens (tertiary/aromatic N) is 2. The van der Waals surface area contributed by atoms with Crippen LogP contribution in [0.4, 0.5) is 5.69 Å². The summed E-state index contributed by atoms with van der Waals surface area (Å²) < 4.78 is 6.65. The average molecular weight is 365 g/mol. The lowest BCUT2D eigenvalue weighted by molar-refractivity contribution is -0.116. The van der Waals surface area contributed by atoms with Crippen molar-refractivity contribution in [2.45, 2.75) is 32.7 Å². The number of fused-ring (bicyclic) bond motifs is 1. The summed E-state index contributed by atoms with van der Waals surface area (Å²) in [6.45, 7) is 6.17. The lowest BCUT2D eigenvalue weighted by Gasteiger charge is -2.21. The number of rotatable bonds is 4. The minimum absolute atomic E-state index is 0.0645. The fourth-order valence-electron chi connectivity index (χ4n) is 2.84. The molecule has 3 aromatic rings. The van der Waals surface area contributed by atoms with Gasteiger partial charge in [-0.25, -0.2) is 4.98 Å². The van der Waals surface area contributed by atoms with Crippen LogP contribution in [-0.4, -0.2) is 22.6 Å². The fraction of sp³-hybridized carbons (Fsp3) is 0.286. The number of ether oxygens (including phenoxy) is 1. The number of carbonyl (C=O) groups is 1. The maximum atomic E-state index is 12.5. The van der Waals surface area contributed by atoms with Crippen molar-refractivity contribution in [2.75, 3.05) is 12.4 Å². The highest BCUT2D eigenvalue weighted by molar-refractivity contribution is 5.92. The molecule has 0 spiro atoms. The summed E-state index contributed by atoms with van der Waals surface area (Å²) >= 11 is 0. The van der Waals surface area contributed by atoms with Crippen LogP contribution in [0, 0.1) is 0 Å². The SMILES string of the molecule is COc1ccc(C(C)(C)C)cc1NC(=O)Cn1cnc2ccccc2c1=O. The first-order chi connectivity index (χ1) is 12.8. The van der Waals surface area contributed by atoms with Gasteiger partial charge in [0.15, 0.2) is 0 Å². The second-order valence-electron chi connectivity index (χ2n) is 7.41. The number of amides is 1. The van der Waals surface area contributed by atoms with E-state index in [0.717, 1.165) is 5.56 Å². The molecule has 27 heavy (non-hydrogen) atoms. The molecule has 1 amide bonds. The van der Waals surface area contributed by atoms with Crippen molar-refractivity contribution in [3.63, 3.8) is 0 Å². The maximum absolute atomic E-state index is 12.5. The molecule has 0 aliphatic heterocycles. The minimum atomic E-state index is -0.321. The average Bonchev–Trinajstić information content (AvgIpc) is 2.63. The summed E-state index contributed by atoms with van der Waals surface area (Å²) in [5.74, 6) is 0.249. The number of carbonyl (C=O) groups excluding carboxylic acids is 1. The number of aromatic nitrogens is 2. The molecule has 0 aliphatic rings. The largest absolute Gasteiger partial charge is 0.495 e. The number of hydrogen-bond donors (Lipinski definition) is 1. The molecule has 6 heteroatoms. The molecule has 0 unspecified atom stereocenters. The molecule has 0 saturated carbocycles. The zero-order valence-corrected chi connectivity index (χ0v) is 15.9. The van der Waals surface area contributed by atoms with Crippen LogP contribution in [0.1, 0.15) is 26.3 Å². The molecule has 0 fully saturated rings. The van der Waals surface area contributed by atoms with Crippen LogP contribution in [0.2, 0.25) is 0 Å². The zero-order chi connectivity index (χ0) is 19.6. The molecular formula is C21H23N3O3. The summed E-state index contributed by atoms with van der Waals surface area (Å²) in [4.78, 5) is 29.3. The third kappa shape index (κ3) is 4.00. The first-order valence-corrected chi connectivity index (χ1v) is 8.72. The van der Waals surface area contributed by atoms with Crippen molar-refractivity contribution in [2.24, 2.45) is 0 Å². The van der Waals surface area contributed by atoms with Gasteiger partial charge in [0, 0.05) is 0 Å². The van der Waals surface area contributed by atoms with Crippen LogP contribution in [0.3, 0.4) is 0 Å². The highest BCUT2D eigenvalue weighted by atomic mass is 16.5. The third-order valence-electron chi connectivity index (χ3n) is 4.39. The lowest BCUT2D eigenvalue weighted by atomic mass is 9.87. The molecule has 0 atom stereocenters. The van der Waals surface area contributed by atoms with Crippen LogP contribution in [0.15, 0.2) is 53.6 Å². The zero-order valence-electron chi connectivity index (χ0n) is 15.9. The smallest absolute Gasteiger partial charge is 0.261 e. The van der Waals surface area contributed by atoms with Gasteiger partial charge in [-0.2, -0.15) is 0 Å². The molecule has 140 valence electrons. The fourth-order valence-corrected chi connectivity index (χ4v) is 2.84. The summed E-state index contributed by atoms with van der Waals surface area (Å²) in [7, 11) is 1.56. The quantitative estimate of drug-likeness (QED) is 0.770. The summed E-state index contributed by atoms with van der Waals surface area (Å²) in [5, 5.41) is 3.33. The van der Waals surface area contributed by atoms with Crippen molar-refractivity contribution in [3.05, 3.63) is 64.7 Å². The van der Waals surface area contributed by atoms with Crippen LogP contribution in [0.25, 0.3) is 10.9 Å². The van der Waals surface area contributed by atoms with Gasteiger partial charge in [-0.05, 0) is 35.2 Å². The molecule has 0 aliphatic carbocycles. The van der Waals surface area contributed by atoms with Crippen molar-refractivity contribution in [1.82, 2.24) is 9.55 Å². The Morgan fingerprint density at radius 2 is 1.93 bits per heavy atom. The normalized spacial score (nSPS) is 11.4. The Kier molecular flexibility index (Phi) is 4.99. The number of nitrogens with one attached hydrogen (secondary N) is 1. The van der Waals surface area contributed by atoms with Crippen molar-refractivity contribution < 1.29 is 9.53 Å². The Hall–Kier alpha value is -3.15. The molecule has 1 heterocycles. The molecular weight excluding hydrogens is 342 g/mol. The lowest BCUT2D eigenvalue weighted by Crippen LogP contribution is -2.28. The molecule has 6 nitrogen and oxygen atoms in total. The van der Waals surface area contributed by atoms with Crippen LogP contribution in [0.5, 0.6) is 5.75 Å². The van der Waals surface area contributed by atoms with E-state index >= 15 is 0 Å². The van der Waals surface area contributed by atoms with E-state index in [4.69, 9.17) is 4.74 Å². The molecule has 1 N–H and O–H groups in total. The second kappa shape index (κ2) is 7.23. The van der Waals surface area contributed by atoms with E-state index in [-0.39, 0.29) is 23.4 Å². The van der Waals surface area contributed by atoms with Gasteiger partial charge in [0.25, 0.3) is 5.56 Å². The Morgan fingerprint density at radius 3 is 2.63 bits per heavy atom. The van der Waals surface area contributed by atoms with E-state index in [1.54, 1.807) is 25.3 Å². The number of para-hydroxylation sites is 1. The molecule has 3 rings (SSSR count). The standard InChI is InChI=1S/C21H23N3O3/c1-21(2,3)14-9-10-18(27-4)17(11-14)23-19(25)12-24-13-22-16-8-6-5-7-15(16)20(24)26/h5-11,13H,12H2,1-4H3,(H,23,25). The summed E-state index contributed by atoms with van der Waals surface area (Å²) in [6, 6.07) is 12.8. The molecule has 2 aromatic carbocycles. The highest BCUT2D eigenvalue weighted by Crippen LogP contribution is 2.31. The number of methoxy groups -OCH3 is 1. The number of anilines is 1. The predicted octanol–water partition coefficient (Wildman–Crippen LogP) is 3.34. The number of benzene rings is 2. The van der Waals surface area contributed by atoms with Gasteiger partial charge < -0.3 is 10.1 Å². The van der Waals surface area contributed by atoms with Gasteiger partial charge in [-0.15, -0.1) is 0 Å². The van der Waals surface area contributed by atoms with Crippen molar-refractivity contribution in [3.8, 4) is 5.75 Å². The van der Waals surface area contributed by atoms with Gasteiger partial charge in [-0.1, -0.05) is 39.0 Å². The number of hydrogen-bond acceptors (Lipinski definition) is 4. The van der Waals surface area contributed by atoms with Gasteiger partial charge in [0.1, 0.15) is 12.3 Å². The highest BCUT2D eigenvalue weighted by Gasteiger charge is 2.17. The van der Waals surface area contributed by atoms with Crippen molar-refractivity contribution in [1.29, 1.82) is 0 Å². The molecule has 0 saturated heterocycles. The summed E-state index contributed by atoms with van der Waals surface area (Å²) in [6.07, 6.45) is 1.40. The van der Waals surface area contributed by atoms with E-state index in [0.29, 0.717) is 22.3 Å². The Morgan fingerprint density at radius 1 is 1.19 bits per heavy atom. The van der Waals surface area contributed by atoms with Gasteiger partial charge in [-0.3, -0.25) is 14.2 Å². The van der Waals surface area contributed by atoms with Crippen LogP contribution < -0.4 is 15.6 Å². The Bertz CT molecular complexity index is 1050. The first kappa shape index (κ1) is 18.6. The maximum Gasteiger partial charge on any atom is 0.261 e. The molecule has 0 bridgehead atoms. The third-order valence-corrected chi connectivity index (χ3v) is 4.39. The van der Waals surface area contributed by atoms with E-state index < -0.39 is 0 Å². The van der Waals surface area contributed by atoms with Gasteiger partial charge in [0.2, 0.25) is 5.91 Å². The topological polar surface area (TPSA) is 73.2 Å². The molecule has 0 radical (unpaired) electrons. The monoisotopic (exact) mass is 365 g/mol. The van der Waals surface area contributed by atoms with Crippen LogP contribution >= 0.6 is 0 Å². The second-order valence-corrected chi connectivity index (χ2v) is 7.41.